The Morgan fingerprint density at radius 1 is 1.12 bits per heavy atom. The number of hydrogen-bond donors (Lipinski definition) is 1. The van der Waals surface area contributed by atoms with Gasteiger partial charge in [-0.25, -0.2) is 0 Å². The smallest absolute Gasteiger partial charge is 0.312 e. The number of nitro benzene ring substituents is 2. The van der Waals surface area contributed by atoms with Crippen molar-refractivity contribution in [2.75, 3.05) is 19.0 Å². The molecule has 26 heavy (non-hydrogen) atoms. The molecule has 0 aliphatic heterocycles. The minimum absolute atomic E-state index is 0.0602. The molecule has 0 bridgehead atoms. The minimum atomic E-state index is -0.734. The monoisotopic (exact) mass is 381 g/mol. The van der Waals surface area contributed by atoms with E-state index in [9.17, 15) is 25.0 Å². The minimum Gasteiger partial charge on any atom is -0.496 e. The highest BCUT2D eigenvalue weighted by Gasteiger charge is 2.19. The molecule has 0 radical (unpaired) electrons. The zero-order chi connectivity index (χ0) is 19.3. The number of rotatable bonds is 7. The van der Waals surface area contributed by atoms with Crippen LogP contribution in [-0.2, 0) is 4.79 Å². The zero-order valence-electron chi connectivity index (χ0n) is 13.3. The number of ether oxygens (including phenoxy) is 2. The van der Waals surface area contributed by atoms with Crippen molar-refractivity contribution in [1.82, 2.24) is 0 Å². The topological polar surface area (TPSA) is 134 Å². The number of nitrogens with zero attached hydrogens (tertiary/aromatic N) is 2. The number of anilines is 1. The van der Waals surface area contributed by atoms with Crippen LogP contribution in [0.25, 0.3) is 0 Å². The Labute approximate surface area is 151 Å². The summed E-state index contributed by atoms with van der Waals surface area (Å²) in [5.41, 5.74) is -0.828. The fourth-order valence-electron chi connectivity index (χ4n) is 1.98. The summed E-state index contributed by atoms with van der Waals surface area (Å²) in [7, 11) is 1.35. The fraction of sp³-hybridized carbons (Fsp3) is 0.133. The summed E-state index contributed by atoms with van der Waals surface area (Å²) in [5.74, 6) is -0.635. The summed E-state index contributed by atoms with van der Waals surface area (Å²) in [6.45, 7) is -0.592. The maximum absolute atomic E-state index is 12.0. The lowest BCUT2D eigenvalue weighted by atomic mass is 10.2. The van der Waals surface area contributed by atoms with E-state index in [0.29, 0.717) is 0 Å². The van der Waals surface area contributed by atoms with Crippen molar-refractivity contribution in [2.45, 2.75) is 0 Å². The Kier molecular flexibility index (Phi) is 5.91. The van der Waals surface area contributed by atoms with Gasteiger partial charge in [-0.15, -0.1) is 0 Å². The van der Waals surface area contributed by atoms with Crippen molar-refractivity contribution < 1.29 is 24.1 Å². The standard InChI is InChI=1S/C15H12ClN3O7/c1-25-10-3-4-11(12(7-10)18(21)22)17-15(20)8-26-14-5-2-9(16)6-13(14)19(23)24/h2-7H,8H2,1H3,(H,17,20). The van der Waals surface area contributed by atoms with E-state index in [2.05, 4.69) is 5.32 Å². The zero-order valence-corrected chi connectivity index (χ0v) is 14.1. The highest BCUT2D eigenvalue weighted by Crippen LogP contribution is 2.31. The van der Waals surface area contributed by atoms with E-state index < -0.39 is 28.0 Å². The summed E-state index contributed by atoms with van der Waals surface area (Å²) in [6.07, 6.45) is 0. The predicted octanol–water partition coefficient (Wildman–Crippen LogP) is 3.18. The van der Waals surface area contributed by atoms with Gasteiger partial charge in [0.05, 0.1) is 23.0 Å². The van der Waals surface area contributed by atoms with Gasteiger partial charge in [0.1, 0.15) is 11.4 Å². The first-order valence-corrected chi connectivity index (χ1v) is 7.38. The number of halogens is 1. The number of carbonyl (C=O) groups excluding carboxylic acids is 1. The Bertz CT molecular complexity index is 872. The number of hydrogen-bond acceptors (Lipinski definition) is 7. The molecule has 1 amide bonds. The molecule has 0 aliphatic carbocycles. The van der Waals surface area contributed by atoms with Crippen LogP contribution in [0.5, 0.6) is 11.5 Å². The largest absolute Gasteiger partial charge is 0.496 e. The lowest BCUT2D eigenvalue weighted by Crippen LogP contribution is -2.21. The Hall–Kier alpha value is -3.40. The molecule has 0 aliphatic rings. The van der Waals surface area contributed by atoms with Crippen LogP contribution in [0.4, 0.5) is 17.1 Å². The molecular formula is C15H12ClN3O7. The van der Waals surface area contributed by atoms with E-state index in [1.54, 1.807) is 0 Å². The van der Waals surface area contributed by atoms with Gasteiger partial charge in [-0.1, -0.05) is 11.6 Å². The number of nitro groups is 2. The van der Waals surface area contributed by atoms with Crippen LogP contribution in [-0.4, -0.2) is 29.5 Å². The van der Waals surface area contributed by atoms with Crippen LogP contribution in [0.2, 0.25) is 5.02 Å². The van der Waals surface area contributed by atoms with E-state index >= 15 is 0 Å². The van der Waals surface area contributed by atoms with Crippen molar-refractivity contribution in [3.63, 3.8) is 0 Å². The number of nitrogens with one attached hydrogen (secondary N) is 1. The first-order chi connectivity index (χ1) is 12.3. The van der Waals surface area contributed by atoms with Crippen molar-refractivity contribution in [3.05, 3.63) is 61.6 Å². The van der Waals surface area contributed by atoms with Crippen molar-refractivity contribution >= 4 is 34.6 Å². The van der Waals surface area contributed by atoms with Crippen molar-refractivity contribution in [3.8, 4) is 11.5 Å². The third-order valence-electron chi connectivity index (χ3n) is 3.15. The summed E-state index contributed by atoms with van der Waals surface area (Å²) in [4.78, 5) is 32.7. The van der Waals surface area contributed by atoms with Crippen LogP contribution in [0.3, 0.4) is 0 Å². The fourth-order valence-corrected chi connectivity index (χ4v) is 2.15. The lowest BCUT2D eigenvalue weighted by molar-refractivity contribution is -0.385. The Morgan fingerprint density at radius 2 is 1.81 bits per heavy atom. The van der Waals surface area contributed by atoms with E-state index in [1.807, 2.05) is 0 Å². The molecule has 0 saturated carbocycles. The second-order valence-electron chi connectivity index (χ2n) is 4.85. The van der Waals surface area contributed by atoms with Gasteiger partial charge in [0.25, 0.3) is 11.6 Å². The van der Waals surface area contributed by atoms with Crippen LogP contribution in [0.1, 0.15) is 0 Å². The van der Waals surface area contributed by atoms with Crippen molar-refractivity contribution in [1.29, 1.82) is 0 Å². The summed E-state index contributed by atoms with van der Waals surface area (Å²) in [6, 6.07) is 7.61. The highest BCUT2D eigenvalue weighted by molar-refractivity contribution is 6.30. The second kappa shape index (κ2) is 8.12. The quantitative estimate of drug-likeness (QED) is 0.574. The van der Waals surface area contributed by atoms with Crippen LogP contribution < -0.4 is 14.8 Å². The summed E-state index contributed by atoms with van der Waals surface area (Å²) >= 11 is 5.69. The predicted molar refractivity (Wildman–Crippen MR) is 91.9 cm³/mol. The van der Waals surface area contributed by atoms with Crippen molar-refractivity contribution in [2.24, 2.45) is 0 Å². The molecule has 11 heteroatoms. The molecule has 10 nitrogen and oxygen atoms in total. The SMILES string of the molecule is COc1ccc(NC(=O)COc2ccc(Cl)cc2[N+](=O)[O-])c([N+](=O)[O-])c1. The Morgan fingerprint density at radius 3 is 2.42 bits per heavy atom. The normalized spacial score (nSPS) is 10.1. The molecule has 0 atom stereocenters. The molecule has 0 aromatic heterocycles. The number of amides is 1. The van der Waals surface area contributed by atoms with E-state index in [0.717, 1.165) is 12.1 Å². The molecule has 0 fully saturated rings. The third-order valence-corrected chi connectivity index (χ3v) is 3.39. The molecule has 0 spiro atoms. The van der Waals surface area contributed by atoms with Gasteiger partial charge in [0, 0.05) is 11.1 Å². The average Bonchev–Trinajstić information content (AvgIpc) is 2.60. The number of carbonyl (C=O) groups is 1. The maximum atomic E-state index is 12.0. The first-order valence-electron chi connectivity index (χ1n) is 7.01. The van der Waals surface area contributed by atoms with Gasteiger partial charge in [-0.05, 0) is 24.3 Å². The maximum Gasteiger partial charge on any atom is 0.312 e. The number of methoxy groups -OCH3 is 1. The van der Waals surface area contributed by atoms with Gasteiger partial charge in [0.2, 0.25) is 0 Å². The van der Waals surface area contributed by atoms with Crippen LogP contribution >= 0.6 is 11.6 Å². The average molecular weight is 382 g/mol. The summed E-state index contributed by atoms with van der Waals surface area (Å²) < 4.78 is 10.0. The van der Waals surface area contributed by atoms with Gasteiger partial charge in [0.15, 0.2) is 12.4 Å². The van der Waals surface area contributed by atoms with Crippen LogP contribution in [0.15, 0.2) is 36.4 Å². The number of benzene rings is 2. The summed E-state index contributed by atoms with van der Waals surface area (Å²) in [5, 5.41) is 24.5. The molecule has 0 heterocycles. The van der Waals surface area contributed by atoms with E-state index in [4.69, 9.17) is 21.1 Å². The van der Waals surface area contributed by atoms with Gasteiger partial charge >= 0.3 is 5.69 Å². The molecule has 0 saturated heterocycles. The molecule has 1 N–H and O–H groups in total. The lowest BCUT2D eigenvalue weighted by Gasteiger charge is -2.09. The first kappa shape index (κ1) is 18.9. The van der Waals surface area contributed by atoms with Crippen LogP contribution in [0, 0.1) is 20.2 Å². The highest BCUT2D eigenvalue weighted by atomic mass is 35.5. The molecule has 2 aromatic rings. The molecular weight excluding hydrogens is 370 g/mol. The van der Waals surface area contributed by atoms with Gasteiger partial charge in [-0.3, -0.25) is 25.0 Å². The van der Waals surface area contributed by atoms with E-state index in [-0.39, 0.29) is 27.9 Å². The molecule has 2 rings (SSSR count). The molecule has 0 unspecified atom stereocenters. The third kappa shape index (κ3) is 4.57. The van der Waals surface area contributed by atoms with Gasteiger partial charge in [-0.2, -0.15) is 0 Å². The van der Waals surface area contributed by atoms with E-state index in [1.165, 1.54) is 31.4 Å². The second-order valence-corrected chi connectivity index (χ2v) is 5.28. The van der Waals surface area contributed by atoms with Gasteiger partial charge < -0.3 is 14.8 Å². The Balaban J connectivity index is 2.11. The molecule has 136 valence electrons. The molecule has 2 aromatic carbocycles.